The highest BCUT2D eigenvalue weighted by Gasteiger charge is 2.09. The summed E-state index contributed by atoms with van der Waals surface area (Å²) in [5, 5.41) is 5.11. The normalized spacial score (nSPS) is 11.3. The Morgan fingerprint density at radius 3 is 2.85 bits per heavy atom. The molecule has 4 rings (SSSR count). The second kappa shape index (κ2) is 7.05. The fraction of sp³-hybridized carbons (Fsp3) is 0.0500. The summed E-state index contributed by atoms with van der Waals surface area (Å²) in [6.45, 7) is 2.02. The molecule has 0 radical (unpaired) electrons. The molecule has 134 valence electrons. The number of thiazole rings is 1. The lowest BCUT2D eigenvalue weighted by atomic mass is 10.1. The maximum absolute atomic E-state index is 12.1. The molecule has 2 aromatic heterocycles. The molecule has 0 aliphatic rings. The van der Waals surface area contributed by atoms with Crippen molar-refractivity contribution in [1.82, 2.24) is 9.97 Å². The first-order chi connectivity index (χ1) is 13.1. The van der Waals surface area contributed by atoms with Crippen LogP contribution < -0.4 is 11.1 Å². The lowest BCUT2D eigenvalue weighted by Gasteiger charge is -1.98. The van der Waals surface area contributed by atoms with Gasteiger partial charge in [0, 0.05) is 17.0 Å². The molecular weight excluding hydrogens is 362 g/mol. The number of amides is 1. The van der Waals surface area contributed by atoms with Gasteiger partial charge in [-0.1, -0.05) is 29.8 Å². The van der Waals surface area contributed by atoms with Crippen molar-refractivity contribution in [3.63, 3.8) is 0 Å². The zero-order chi connectivity index (χ0) is 18.8. The van der Waals surface area contributed by atoms with Crippen molar-refractivity contribution >= 4 is 39.6 Å². The zero-order valence-electron chi connectivity index (χ0n) is 14.4. The molecule has 4 aromatic rings. The molecule has 0 fully saturated rings. The fourth-order valence-electron chi connectivity index (χ4n) is 2.57. The van der Waals surface area contributed by atoms with Crippen molar-refractivity contribution in [1.29, 1.82) is 0 Å². The van der Waals surface area contributed by atoms with Crippen LogP contribution in [0.25, 0.3) is 28.4 Å². The Hall–Kier alpha value is -3.45. The standard InChI is InChI=1S/C20H15N3O3S/c1-12-2-4-13(5-3-12)6-9-18(24)23-19-21-16(11-27-19)14-7-8-17-15(10-14)22-20(25)26-17/h2-11H,1H3,(H,22,25)(H,21,23,24)/b9-6+. The van der Waals surface area contributed by atoms with E-state index in [1.165, 1.54) is 23.0 Å². The zero-order valence-corrected chi connectivity index (χ0v) is 15.2. The van der Waals surface area contributed by atoms with Gasteiger partial charge in [-0.3, -0.25) is 15.1 Å². The minimum Gasteiger partial charge on any atom is -0.408 e. The average Bonchev–Trinajstić information content (AvgIpc) is 3.26. The summed E-state index contributed by atoms with van der Waals surface area (Å²) < 4.78 is 4.99. The summed E-state index contributed by atoms with van der Waals surface area (Å²) in [6.07, 6.45) is 3.24. The number of rotatable bonds is 4. The van der Waals surface area contributed by atoms with Crippen molar-refractivity contribution in [2.24, 2.45) is 0 Å². The van der Waals surface area contributed by atoms with Crippen LogP contribution in [0.4, 0.5) is 5.13 Å². The second-order valence-corrected chi connectivity index (χ2v) is 6.85. The molecular formula is C20H15N3O3S. The van der Waals surface area contributed by atoms with E-state index in [0.29, 0.717) is 21.9 Å². The van der Waals surface area contributed by atoms with Crippen LogP contribution in [0.15, 0.2) is 63.1 Å². The number of carbonyl (C=O) groups excluding carboxylic acids is 1. The molecule has 1 amide bonds. The van der Waals surface area contributed by atoms with Gasteiger partial charge in [0.25, 0.3) is 0 Å². The molecule has 0 saturated heterocycles. The van der Waals surface area contributed by atoms with Gasteiger partial charge in [0.05, 0.1) is 11.2 Å². The maximum Gasteiger partial charge on any atom is 0.417 e. The van der Waals surface area contributed by atoms with E-state index in [-0.39, 0.29) is 5.91 Å². The first kappa shape index (κ1) is 17.0. The summed E-state index contributed by atoms with van der Waals surface area (Å²) in [5.74, 6) is -0.736. The van der Waals surface area contributed by atoms with Crippen molar-refractivity contribution in [3.8, 4) is 11.3 Å². The number of carbonyl (C=O) groups is 1. The third-order valence-electron chi connectivity index (χ3n) is 3.95. The van der Waals surface area contributed by atoms with Gasteiger partial charge in [-0.15, -0.1) is 11.3 Å². The summed E-state index contributed by atoms with van der Waals surface area (Å²) in [4.78, 5) is 30.4. The van der Waals surface area contributed by atoms with E-state index in [1.807, 2.05) is 42.6 Å². The molecule has 0 atom stereocenters. The minimum absolute atomic E-state index is 0.244. The number of hydrogen-bond donors (Lipinski definition) is 2. The molecule has 0 saturated carbocycles. The van der Waals surface area contributed by atoms with Crippen LogP contribution in [0.1, 0.15) is 11.1 Å². The first-order valence-electron chi connectivity index (χ1n) is 8.21. The van der Waals surface area contributed by atoms with E-state index in [9.17, 15) is 9.59 Å². The molecule has 2 heterocycles. The monoisotopic (exact) mass is 377 g/mol. The molecule has 0 spiro atoms. The van der Waals surface area contributed by atoms with Crippen molar-refractivity contribution in [3.05, 3.63) is 75.6 Å². The van der Waals surface area contributed by atoms with Crippen LogP contribution in [0.5, 0.6) is 0 Å². The Morgan fingerprint density at radius 2 is 2.04 bits per heavy atom. The molecule has 0 aliphatic heterocycles. The SMILES string of the molecule is Cc1ccc(/C=C/C(=O)Nc2nc(-c3ccc4oc(=O)[nH]c4c3)cs2)cc1. The lowest BCUT2D eigenvalue weighted by molar-refractivity contribution is -0.111. The Kier molecular flexibility index (Phi) is 4.43. The van der Waals surface area contributed by atoms with Crippen LogP contribution >= 0.6 is 11.3 Å². The van der Waals surface area contributed by atoms with Gasteiger partial charge in [-0.2, -0.15) is 0 Å². The number of hydrogen-bond acceptors (Lipinski definition) is 5. The number of aryl methyl sites for hydroxylation is 1. The highest BCUT2D eigenvalue weighted by Crippen LogP contribution is 2.27. The van der Waals surface area contributed by atoms with Crippen molar-refractivity contribution in [2.45, 2.75) is 6.92 Å². The fourth-order valence-corrected chi connectivity index (χ4v) is 3.29. The number of anilines is 1. The highest BCUT2D eigenvalue weighted by atomic mass is 32.1. The summed E-state index contributed by atoms with van der Waals surface area (Å²) >= 11 is 1.33. The topological polar surface area (TPSA) is 88.0 Å². The van der Waals surface area contributed by atoms with Gasteiger partial charge in [-0.25, -0.2) is 9.78 Å². The van der Waals surface area contributed by atoms with Gasteiger partial charge >= 0.3 is 5.76 Å². The van der Waals surface area contributed by atoms with Crippen LogP contribution in [0.3, 0.4) is 0 Å². The van der Waals surface area contributed by atoms with E-state index in [4.69, 9.17) is 4.42 Å². The van der Waals surface area contributed by atoms with Gasteiger partial charge in [0.2, 0.25) is 5.91 Å². The van der Waals surface area contributed by atoms with E-state index in [0.717, 1.165) is 11.1 Å². The Balaban J connectivity index is 1.47. The largest absolute Gasteiger partial charge is 0.417 e. The Morgan fingerprint density at radius 1 is 1.22 bits per heavy atom. The molecule has 7 heteroatoms. The molecule has 2 aromatic carbocycles. The summed E-state index contributed by atoms with van der Waals surface area (Å²) in [5.41, 5.74) is 4.77. The molecule has 6 nitrogen and oxygen atoms in total. The number of nitrogens with one attached hydrogen (secondary N) is 2. The lowest BCUT2D eigenvalue weighted by Crippen LogP contribution is -2.07. The van der Waals surface area contributed by atoms with E-state index < -0.39 is 5.76 Å². The summed E-state index contributed by atoms with van der Waals surface area (Å²) in [7, 11) is 0. The molecule has 0 unspecified atom stereocenters. The smallest absolute Gasteiger partial charge is 0.408 e. The summed E-state index contributed by atoms with van der Waals surface area (Å²) in [6, 6.07) is 13.2. The van der Waals surface area contributed by atoms with E-state index >= 15 is 0 Å². The number of aromatic amines is 1. The van der Waals surface area contributed by atoms with Gasteiger partial charge in [0.15, 0.2) is 10.7 Å². The number of oxazole rings is 1. The van der Waals surface area contributed by atoms with Crippen molar-refractivity contribution in [2.75, 3.05) is 5.32 Å². The van der Waals surface area contributed by atoms with Gasteiger partial charge in [0.1, 0.15) is 0 Å². The number of fused-ring (bicyclic) bond motifs is 1. The van der Waals surface area contributed by atoms with Crippen LogP contribution in [0, 0.1) is 6.92 Å². The molecule has 0 bridgehead atoms. The Bertz CT molecular complexity index is 1200. The van der Waals surface area contributed by atoms with Gasteiger partial charge < -0.3 is 4.42 Å². The van der Waals surface area contributed by atoms with Crippen LogP contribution in [0.2, 0.25) is 0 Å². The predicted octanol–water partition coefficient (Wildman–Crippen LogP) is 4.20. The van der Waals surface area contributed by atoms with E-state index in [2.05, 4.69) is 15.3 Å². The average molecular weight is 377 g/mol. The number of benzene rings is 2. The second-order valence-electron chi connectivity index (χ2n) is 6.00. The third kappa shape index (κ3) is 3.88. The number of aromatic nitrogens is 2. The third-order valence-corrected chi connectivity index (χ3v) is 4.71. The van der Waals surface area contributed by atoms with Crippen LogP contribution in [-0.4, -0.2) is 15.9 Å². The Labute approximate surface area is 158 Å². The number of H-pyrrole nitrogens is 1. The highest BCUT2D eigenvalue weighted by molar-refractivity contribution is 7.14. The van der Waals surface area contributed by atoms with Gasteiger partial charge in [-0.05, 0) is 36.8 Å². The molecule has 2 N–H and O–H groups in total. The number of nitrogens with zero attached hydrogens (tertiary/aromatic N) is 1. The quantitative estimate of drug-likeness (QED) is 0.522. The van der Waals surface area contributed by atoms with E-state index in [1.54, 1.807) is 18.2 Å². The van der Waals surface area contributed by atoms with Crippen LogP contribution in [-0.2, 0) is 4.79 Å². The van der Waals surface area contributed by atoms with Crippen molar-refractivity contribution < 1.29 is 9.21 Å². The predicted molar refractivity (Wildman–Crippen MR) is 107 cm³/mol. The minimum atomic E-state index is -0.492. The molecule has 0 aliphatic carbocycles. The maximum atomic E-state index is 12.1. The first-order valence-corrected chi connectivity index (χ1v) is 9.09. The molecule has 27 heavy (non-hydrogen) atoms.